The number of rotatable bonds is 9. The molecule has 4 nitrogen and oxygen atoms in total. The topological polar surface area (TPSA) is 48.7 Å². The Balaban J connectivity index is 2.17. The van der Waals surface area contributed by atoms with Crippen molar-refractivity contribution in [3.8, 4) is 11.5 Å². The van der Waals surface area contributed by atoms with Crippen LogP contribution in [0.1, 0.15) is 57.0 Å². The van der Waals surface area contributed by atoms with Gasteiger partial charge in [-0.15, -0.1) is 26.3 Å². The molecule has 1 heterocycles. The van der Waals surface area contributed by atoms with Gasteiger partial charge < -0.3 is 13.9 Å². The van der Waals surface area contributed by atoms with E-state index in [1.54, 1.807) is 0 Å². The minimum atomic E-state index is -5.25. The molecule has 0 radical (unpaired) electrons. The van der Waals surface area contributed by atoms with Gasteiger partial charge in [0.25, 0.3) is 0 Å². The Morgan fingerprint density at radius 3 is 2.00 bits per heavy atom. The number of alkyl halides is 6. The van der Waals surface area contributed by atoms with Crippen LogP contribution >= 0.6 is 0 Å². The number of furan rings is 1. The van der Waals surface area contributed by atoms with Gasteiger partial charge in [0.2, 0.25) is 0 Å². The average molecular weight is 464 g/mol. The molecule has 0 saturated carbocycles. The van der Waals surface area contributed by atoms with Crippen molar-refractivity contribution >= 4 is 16.8 Å². The van der Waals surface area contributed by atoms with E-state index < -0.39 is 30.0 Å². The van der Waals surface area contributed by atoms with Gasteiger partial charge in [-0.2, -0.15) is 0 Å². The highest BCUT2D eigenvalue weighted by Crippen LogP contribution is 2.39. The molecule has 0 unspecified atom stereocenters. The summed E-state index contributed by atoms with van der Waals surface area (Å²) in [5.41, 5.74) is 2.07. The number of benzene rings is 1. The zero-order chi connectivity index (χ0) is 24.1. The molecule has 176 valence electrons. The predicted octanol–water partition coefficient (Wildman–Crippen LogP) is 7.89. The van der Waals surface area contributed by atoms with Crippen molar-refractivity contribution < 1.29 is 45.0 Å². The van der Waals surface area contributed by atoms with Crippen LogP contribution in [-0.4, -0.2) is 18.5 Å². The van der Waals surface area contributed by atoms with Crippen molar-refractivity contribution in [2.75, 3.05) is 0 Å². The Kier molecular flexibility index (Phi) is 8.03. The first-order valence-corrected chi connectivity index (χ1v) is 9.65. The smallest absolute Gasteiger partial charge is 0.453 e. The molecule has 2 rings (SSSR count). The second-order valence-corrected chi connectivity index (χ2v) is 7.38. The van der Waals surface area contributed by atoms with Crippen LogP contribution < -0.4 is 9.47 Å². The normalized spacial score (nSPS) is 12.7. The zero-order valence-electron chi connectivity index (χ0n) is 17.6. The van der Waals surface area contributed by atoms with Crippen LogP contribution in [0.2, 0.25) is 0 Å². The number of allylic oxidation sites excluding steroid dienone is 4. The lowest BCUT2D eigenvalue weighted by Gasteiger charge is -2.15. The van der Waals surface area contributed by atoms with Gasteiger partial charge in [0.15, 0.2) is 23.0 Å². The number of ether oxygens (including phenoxy) is 2. The van der Waals surface area contributed by atoms with E-state index >= 15 is 0 Å². The van der Waals surface area contributed by atoms with E-state index in [2.05, 4.69) is 15.5 Å². The molecule has 0 aliphatic rings. The molecule has 1 aromatic carbocycles. The lowest BCUT2D eigenvalue weighted by Crippen LogP contribution is -2.21. The van der Waals surface area contributed by atoms with Crippen LogP contribution in [0.5, 0.6) is 11.5 Å². The quantitative estimate of drug-likeness (QED) is 0.215. The molecule has 0 aliphatic heterocycles. The highest BCUT2D eigenvalue weighted by Gasteiger charge is 2.37. The zero-order valence-corrected chi connectivity index (χ0v) is 17.6. The molecule has 32 heavy (non-hydrogen) atoms. The highest BCUT2D eigenvalue weighted by atomic mass is 19.4. The second kappa shape index (κ2) is 10.1. The van der Waals surface area contributed by atoms with E-state index in [9.17, 15) is 31.1 Å². The second-order valence-electron chi connectivity index (χ2n) is 7.38. The molecule has 0 fully saturated rings. The number of halogens is 6. The van der Waals surface area contributed by atoms with Gasteiger partial charge in [-0.05, 0) is 52.2 Å². The van der Waals surface area contributed by atoms with Crippen molar-refractivity contribution in [1.29, 1.82) is 0 Å². The van der Waals surface area contributed by atoms with Crippen LogP contribution in [0.15, 0.2) is 45.9 Å². The summed E-state index contributed by atoms with van der Waals surface area (Å²) in [7, 11) is 0. The fraction of sp³-hybridized carbons (Fsp3) is 0.409. The standard InChI is InChI=1S/C22H22F6O4/c1-13(2)6-4-7-14(3)8-5-9-16(29)18-10-15-11-19(31-21(23,24)25)20(12-17(15)30-18)32-22(26,27)28/h6,8,10-12H,4-5,7,9H2,1-3H3/b14-8+. The minimum Gasteiger partial charge on any atom is -0.453 e. The van der Waals surface area contributed by atoms with Crippen LogP contribution in [0, 0.1) is 0 Å². The van der Waals surface area contributed by atoms with Gasteiger partial charge in [-0.25, -0.2) is 0 Å². The van der Waals surface area contributed by atoms with E-state index in [1.165, 1.54) is 5.57 Å². The lowest BCUT2D eigenvalue weighted by atomic mass is 10.1. The molecule has 0 saturated heterocycles. The third-order valence-electron chi connectivity index (χ3n) is 4.26. The van der Waals surface area contributed by atoms with Crippen LogP contribution in [-0.2, 0) is 0 Å². The Labute approximate surface area is 180 Å². The molecular formula is C22H22F6O4. The van der Waals surface area contributed by atoms with Crippen molar-refractivity contribution in [3.05, 3.63) is 47.3 Å². The molecule has 0 atom stereocenters. The van der Waals surface area contributed by atoms with E-state index in [-0.39, 0.29) is 23.2 Å². The number of hydrogen-bond acceptors (Lipinski definition) is 4. The Morgan fingerprint density at radius 1 is 0.875 bits per heavy atom. The molecule has 0 aliphatic carbocycles. The summed E-state index contributed by atoms with van der Waals surface area (Å²) in [6.07, 6.45) is -4.28. The molecular weight excluding hydrogens is 442 g/mol. The Morgan fingerprint density at radius 2 is 1.44 bits per heavy atom. The summed E-state index contributed by atoms with van der Waals surface area (Å²) >= 11 is 0. The largest absolute Gasteiger partial charge is 0.573 e. The third-order valence-corrected chi connectivity index (χ3v) is 4.26. The van der Waals surface area contributed by atoms with Crippen LogP contribution in [0.4, 0.5) is 26.3 Å². The molecule has 2 aromatic rings. The molecule has 0 spiro atoms. The summed E-state index contributed by atoms with van der Waals surface area (Å²) in [6, 6.07) is 2.44. The fourth-order valence-electron chi connectivity index (χ4n) is 2.86. The molecule has 0 bridgehead atoms. The fourth-order valence-corrected chi connectivity index (χ4v) is 2.86. The summed E-state index contributed by atoms with van der Waals surface area (Å²) < 4.78 is 87.9. The monoisotopic (exact) mass is 464 g/mol. The maximum atomic E-state index is 12.6. The van der Waals surface area contributed by atoms with Gasteiger partial charge in [0.1, 0.15) is 5.58 Å². The molecule has 0 amide bonds. The van der Waals surface area contributed by atoms with E-state index in [1.807, 2.05) is 26.8 Å². The lowest BCUT2D eigenvalue weighted by molar-refractivity contribution is -0.287. The number of fused-ring (bicyclic) bond motifs is 1. The summed E-state index contributed by atoms with van der Waals surface area (Å²) in [5.74, 6) is -3.05. The van der Waals surface area contributed by atoms with E-state index in [4.69, 9.17) is 4.42 Å². The first kappa shape index (κ1) is 25.4. The van der Waals surface area contributed by atoms with Crippen molar-refractivity contribution in [1.82, 2.24) is 0 Å². The van der Waals surface area contributed by atoms with Gasteiger partial charge in [0, 0.05) is 17.9 Å². The van der Waals surface area contributed by atoms with Crippen molar-refractivity contribution in [3.63, 3.8) is 0 Å². The molecule has 1 aromatic heterocycles. The van der Waals surface area contributed by atoms with Crippen molar-refractivity contribution in [2.45, 2.75) is 59.2 Å². The van der Waals surface area contributed by atoms with E-state index in [0.717, 1.165) is 24.5 Å². The highest BCUT2D eigenvalue weighted by molar-refractivity contribution is 5.98. The number of carbonyl (C=O) groups is 1. The van der Waals surface area contributed by atoms with Gasteiger partial charge in [-0.1, -0.05) is 23.3 Å². The van der Waals surface area contributed by atoms with Crippen molar-refractivity contribution in [2.24, 2.45) is 0 Å². The minimum absolute atomic E-state index is 0.0319. The van der Waals surface area contributed by atoms with Crippen LogP contribution in [0.3, 0.4) is 0 Å². The van der Waals surface area contributed by atoms with Gasteiger partial charge >= 0.3 is 12.7 Å². The average Bonchev–Trinajstić information content (AvgIpc) is 3.02. The molecule has 10 heteroatoms. The third kappa shape index (κ3) is 8.32. The first-order chi connectivity index (χ1) is 14.7. The Hall–Kier alpha value is -2.91. The first-order valence-electron chi connectivity index (χ1n) is 9.65. The maximum Gasteiger partial charge on any atom is 0.573 e. The SMILES string of the molecule is CC(C)=CCC/C(C)=C/CCC(=O)c1cc2cc(OC(F)(F)F)c(OC(F)(F)F)cc2o1. The maximum absolute atomic E-state index is 12.6. The van der Waals surface area contributed by atoms with Crippen LogP contribution in [0.25, 0.3) is 11.0 Å². The summed E-state index contributed by atoms with van der Waals surface area (Å²) in [4.78, 5) is 12.4. The summed E-state index contributed by atoms with van der Waals surface area (Å²) in [6.45, 7) is 5.94. The molecule has 0 N–H and O–H groups in total. The number of carbonyl (C=O) groups excluding carboxylic acids is 1. The van der Waals surface area contributed by atoms with Gasteiger partial charge in [-0.3, -0.25) is 4.79 Å². The number of Topliss-reactive ketones (excluding diaryl/α,β-unsaturated/α-hetero) is 1. The van der Waals surface area contributed by atoms with E-state index in [0.29, 0.717) is 18.6 Å². The Bertz CT molecular complexity index is 955. The number of ketones is 1. The predicted molar refractivity (Wildman–Crippen MR) is 106 cm³/mol. The number of hydrogen-bond donors (Lipinski definition) is 0. The summed E-state index contributed by atoms with van der Waals surface area (Å²) in [5, 5.41) is -0.0319. The van der Waals surface area contributed by atoms with Gasteiger partial charge in [0.05, 0.1) is 0 Å².